The van der Waals surface area contributed by atoms with Gasteiger partial charge in [0.05, 0.1) is 19.5 Å². The first-order valence-corrected chi connectivity index (χ1v) is 3.34. The molecule has 0 rings (SSSR count). The van der Waals surface area contributed by atoms with Gasteiger partial charge in [0.2, 0.25) is 0 Å². The molecule has 0 radical (unpaired) electrons. The minimum absolute atomic E-state index is 0.0248. The van der Waals surface area contributed by atoms with Crippen molar-refractivity contribution >= 4 is 0 Å². The van der Waals surface area contributed by atoms with Crippen LogP contribution in [0.2, 0.25) is 0 Å². The van der Waals surface area contributed by atoms with E-state index >= 15 is 0 Å². The van der Waals surface area contributed by atoms with Gasteiger partial charge in [-0.25, -0.2) is 0 Å². The third-order valence-electron chi connectivity index (χ3n) is 0.976. The van der Waals surface area contributed by atoms with Gasteiger partial charge in [0.25, 0.3) is 0 Å². The van der Waals surface area contributed by atoms with Crippen molar-refractivity contribution < 1.29 is 14.6 Å². The van der Waals surface area contributed by atoms with Crippen LogP contribution in [0.1, 0.15) is 13.3 Å². The minimum Gasteiger partial charge on any atom is -0.473 e. The van der Waals surface area contributed by atoms with E-state index in [4.69, 9.17) is 14.6 Å². The first kappa shape index (κ1) is 9.46. The molecule has 0 spiro atoms. The van der Waals surface area contributed by atoms with Gasteiger partial charge in [-0.3, -0.25) is 0 Å². The smallest absolute Gasteiger partial charge is 0.198 e. The van der Waals surface area contributed by atoms with Gasteiger partial charge < -0.3 is 14.6 Å². The van der Waals surface area contributed by atoms with E-state index in [2.05, 4.69) is 6.58 Å². The van der Waals surface area contributed by atoms with Gasteiger partial charge in [-0.2, -0.15) is 0 Å². The molecule has 3 heteroatoms. The Hall–Kier alpha value is -0.540. The van der Waals surface area contributed by atoms with Crippen LogP contribution in [0.25, 0.3) is 0 Å². The number of hydrogen-bond acceptors (Lipinski definition) is 3. The summed E-state index contributed by atoms with van der Waals surface area (Å²) in [6.45, 7) is 5.66. The zero-order valence-electron chi connectivity index (χ0n) is 6.25. The van der Waals surface area contributed by atoms with Crippen molar-refractivity contribution in [1.82, 2.24) is 0 Å². The van der Waals surface area contributed by atoms with Gasteiger partial charge in [0, 0.05) is 6.42 Å². The Labute approximate surface area is 61.3 Å². The van der Waals surface area contributed by atoms with Gasteiger partial charge >= 0.3 is 0 Å². The van der Waals surface area contributed by atoms with Crippen molar-refractivity contribution in [2.45, 2.75) is 19.6 Å². The van der Waals surface area contributed by atoms with Crippen molar-refractivity contribution in [2.24, 2.45) is 0 Å². The van der Waals surface area contributed by atoms with Crippen LogP contribution in [-0.4, -0.2) is 24.6 Å². The first-order valence-electron chi connectivity index (χ1n) is 3.34. The van der Waals surface area contributed by atoms with Crippen LogP contribution in [0.3, 0.4) is 0 Å². The minimum atomic E-state index is -0.260. The van der Waals surface area contributed by atoms with Crippen molar-refractivity contribution in [2.75, 3.05) is 13.2 Å². The van der Waals surface area contributed by atoms with Crippen LogP contribution in [-0.2, 0) is 9.47 Å². The molecule has 0 fully saturated rings. The lowest BCUT2D eigenvalue weighted by molar-refractivity contribution is -0.114. The molecule has 60 valence electrons. The monoisotopic (exact) mass is 146 g/mol. The number of rotatable bonds is 6. The average Bonchev–Trinajstić information content (AvgIpc) is 1.98. The highest BCUT2D eigenvalue weighted by Gasteiger charge is 2.02. The molecule has 0 bridgehead atoms. The van der Waals surface area contributed by atoms with E-state index in [1.807, 2.05) is 6.92 Å². The Morgan fingerprint density at radius 3 is 2.80 bits per heavy atom. The molecule has 0 saturated carbocycles. The molecule has 1 N–H and O–H groups in total. The largest absolute Gasteiger partial charge is 0.473 e. The topological polar surface area (TPSA) is 38.7 Å². The first-order chi connectivity index (χ1) is 4.85. The molecule has 0 aliphatic rings. The summed E-state index contributed by atoms with van der Waals surface area (Å²) < 4.78 is 9.96. The fourth-order valence-corrected chi connectivity index (χ4v) is 0.545. The highest BCUT2D eigenvalue weighted by molar-refractivity contribution is 4.51. The molecule has 0 amide bonds. The molecule has 0 heterocycles. The molecule has 10 heavy (non-hydrogen) atoms. The number of aliphatic hydroxyl groups excluding tert-OH is 1. The standard InChI is InChI=1S/C7H14O3/c1-3-7(9-4-2)10-6-5-8/h4,7-8H,2-3,5-6H2,1H3. The van der Waals surface area contributed by atoms with Crippen LogP contribution in [0.15, 0.2) is 12.8 Å². The lowest BCUT2D eigenvalue weighted by Crippen LogP contribution is -2.15. The fourth-order valence-electron chi connectivity index (χ4n) is 0.545. The van der Waals surface area contributed by atoms with Gasteiger partial charge in [-0.15, -0.1) is 0 Å². The predicted octanol–water partition coefficient (Wildman–Crippen LogP) is 0.891. The zero-order chi connectivity index (χ0) is 7.82. The second-order valence-electron chi connectivity index (χ2n) is 1.73. The SMILES string of the molecule is C=COC(CC)OCCO. The summed E-state index contributed by atoms with van der Waals surface area (Å²) in [5.74, 6) is 0. The summed E-state index contributed by atoms with van der Waals surface area (Å²) in [5.41, 5.74) is 0. The maximum atomic E-state index is 8.37. The summed E-state index contributed by atoms with van der Waals surface area (Å²) in [7, 11) is 0. The lowest BCUT2D eigenvalue weighted by atomic mass is 10.5. The molecular weight excluding hydrogens is 132 g/mol. The molecule has 0 aliphatic carbocycles. The van der Waals surface area contributed by atoms with Crippen LogP contribution < -0.4 is 0 Å². The second kappa shape index (κ2) is 6.58. The van der Waals surface area contributed by atoms with E-state index in [1.165, 1.54) is 6.26 Å². The third kappa shape index (κ3) is 4.35. The normalized spacial score (nSPS) is 12.6. The van der Waals surface area contributed by atoms with Crippen molar-refractivity contribution in [3.63, 3.8) is 0 Å². The maximum absolute atomic E-state index is 8.37. The summed E-state index contributed by atoms with van der Waals surface area (Å²) >= 11 is 0. The highest BCUT2D eigenvalue weighted by atomic mass is 16.7. The summed E-state index contributed by atoms with van der Waals surface area (Å²) in [6.07, 6.45) is 1.84. The van der Waals surface area contributed by atoms with E-state index in [1.54, 1.807) is 0 Å². The van der Waals surface area contributed by atoms with Gasteiger partial charge in [-0.05, 0) is 0 Å². The summed E-state index contributed by atoms with van der Waals surface area (Å²) in [5, 5.41) is 8.37. The number of aliphatic hydroxyl groups is 1. The third-order valence-corrected chi connectivity index (χ3v) is 0.976. The molecule has 0 aliphatic heterocycles. The lowest BCUT2D eigenvalue weighted by Gasteiger charge is -2.13. The van der Waals surface area contributed by atoms with E-state index in [0.29, 0.717) is 6.61 Å². The average molecular weight is 146 g/mol. The van der Waals surface area contributed by atoms with E-state index in [9.17, 15) is 0 Å². The van der Waals surface area contributed by atoms with Crippen LogP contribution >= 0.6 is 0 Å². The summed E-state index contributed by atoms with van der Waals surface area (Å²) in [6, 6.07) is 0. The van der Waals surface area contributed by atoms with E-state index < -0.39 is 0 Å². The second-order valence-corrected chi connectivity index (χ2v) is 1.73. The van der Waals surface area contributed by atoms with Crippen molar-refractivity contribution in [3.8, 4) is 0 Å². The Morgan fingerprint density at radius 2 is 2.40 bits per heavy atom. The molecule has 1 unspecified atom stereocenters. The van der Waals surface area contributed by atoms with Crippen molar-refractivity contribution in [3.05, 3.63) is 12.8 Å². The Kier molecular flexibility index (Phi) is 6.22. The predicted molar refractivity (Wildman–Crippen MR) is 38.4 cm³/mol. The maximum Gasteiger partial charge on any atom is 0.198 e. The summed E-state index contributed by atoms with van der Waals surface area (Å²) in [4.78, 5) is 0. The molecule has 0 saturated heterocycles. The molecular formula is C7H14O3. The number of hydrogen-bond donors (Lipinski definition) is 1. The van der Waals surface area contributed by atoms with Gasteiger partial charge in [0.1, 0.15) is 0 Å². The molecule has 1 atom stereocenters. The fraction of sp³-hybridized carbons (Fsp3) is 0.714. The number of ether oxygens (including phenoxy) is 2. The molecule has 0 aromatic carbocycles. The van der Waals surface area contributed by atoms with Gasteiger partial charge in [-0.1, -0.05) is 13.5 Å². The van der Waals surface area contributed by atoms with Crippen LogP contribution in [0.5, 0.6) is 0 Å². The van der Waals surface area contributed by atoms with Crippen molar-refractivity contribution in [1.29, 1.82) is 0 Å². The van der Waals surface area contributed by atoms with E-state index in [0.717, 1.165) is 6.42 Å². The Bertz CT molecular complexity index is 82.9. The van der Waals surface area contributed by atoms with Crippen LogP contribution in [0.4, 0.5) is 0 Å². The zero-order valence-corrected chi connectivity index (χ0v) is 6.25. The Balaban J connectivity index is 3.29. The Morgan fingerprint density at radius 1 is 1.70 bits per heavy atom. The quantitative estimate of drug-likeness (QED) is 0.447. The molecule has 0 aromatic heterocycles. The van der Waals surface area contributed by atoms with Crippen LogP contribution in [0, 0.1) is 0 Å². The van der Waals surface area contributed by atoms with Gasteiger partial charge in [0.15, 0.2) is 6.29 Å². The highest BCUT2D eigenvalue weighted by Crippen LogP contribution is 1.99. The molecule has 0 aromatic rings. The molecule has 3 nitrogen and oxygen atoms in total. The van der Waals surface area contributed by atoms with E-state index in [-0.39, 0.29) is 12.9 Å².